The van der Waals surface area contributed by atoms with Crippen LogP contribution in [0, 0.1) is 5.92 Å². The predicted molar refractivity (Wildman–Crippen MR) is 52.3 cm³/mol. The first-order chi connectivity index (χ1) is 6.16. The van der Waals surface area contributed by atoms with Gasteiger partial charge in [-0.25, -0.2) is 4.79 Å². The molecular weight excluding hydrogens is 164 g/mol. The molecule has 1 rings (SSSR count). The van der Waals surface area contributed by atoms with Crippen LogP contribution in [0.2, 0.25) is 0 Å². The Balaban J connectivity index is 2.71. The Morgan fingerprint density at radius 1 is 1.23 bits per heavy atom. The number of methoxy groups -OCH3 is 1. The van der Waals surface area contributed by atoms with Crippen molar-refractivity contribution in [3.05, 3.63) is 11.1 Å². The van der Waals surface area contributed by atoms with E-state index in [-0.39, 0.29) is 5.97 Å². The largest absolute Gasteiger partial charge is 0.466 e. The number of esters is 1. The fourth-order valence-electron chi connectivity index (χ4n) is 1.98. The molecule has 1 saturated carbocycles. The minimum absolute atomic E-state index is 0.176. The maximum atomic E-state index is 11.2. The van der Waals surface area contributed by atoms with Gasteiger partial charge in [0, 0.05) is 5.57 Å². The lowest BCUT2D eigenvalue weighted by atomic mass is 9.95. The van der Waals surface area contributed by atoms with Crippen molar-refractivity contribution >= 4 is 5.97 Å². The molecule has 0 spiro atoms. The zero-order valence-electron chi connectivity index (χ0n) is 8.72. The molecule has 0 unspecified atom stereocenters. The van der Waals surface area contributed by atoms with E-state index in [1.54, 1.807) is 0 Å². The first-order valence-corrected chi connectivity index (χ1v) is 4.92. The van der Waals surface area contributed by atoms with Crippen LogP contribution in [0.4, 0.5) is 0 Å². The first kappa shape index (κ1) is 10.3. The van der Waals surface area contributed by atoms with Crippen LogP contribution in [0.5, 0.6) is 0 Å². The van der Waals surface area contributed by atoms with Gasteiger partial charge in [-0.1, -0.05) is 18.4 Å². The third-order valence-corrected chi connectivity index (χ3v) is 3.05. The lowest BCUT2D eigenvalue weighted by Gasteiger charge is -2.12. The molecule has 1 fully saturated rings. The lowest BCUT2D eigenvalue weighted by Crippen LogP contribution is -2.08. The molecule has 0 radical (unpaired) electrons. The van der Waals surface area contributed by atoms with Crippen molar-refractivity contribution < 1.29 is 9.53 Å². The zero-order chi connectivity index (χ0) is 9.84. The highest BCUT2D eigenvalue weighted by atomic mass is 16.5. The van der Waals surface area contributed by atoms with Crippen molar-refractivity contribution in [2.45, 2.75) is 39.5 Å². The smallest absolute Gasteiger partial charge is 0.333 e. The van der Waals surface area contributed by atoms with Crippen molar-refractivity contribution in [1.29, 1.82) is 0 Å². The lowest BCUT2D eigenvalue weighted by molar-refractivity contribution is -0.136. The fraction of sp³-hybridized carbons (Fsp3) is 0.727. The zero-order valence-corrected chi connectivity index (χ0v) is 8.72. The number of ether oxygens (including phenoxy) is 1. The molecule has 0 aromatic rings. The Hall–Kier alpha value is -0.790. The van der Waals surface area contributed by atoms with Crippen LogP contribution in [-0.2, 0) is 9.53 Å². The molecule has 0 aromatic carbocycles. The molecule has 0 saturated heterocycles. The standard InChI is InChI=1S/C11H18O2/c1-8(9(2)11(12)13-3)10-6-4-5-7-10/h10H,4-7H2,1-3H3. The van der Waals surface area contributed by atoms with Crippen LogP contribution in [0.15, 0.2) is 11.1 Å². The van der Waals surface area contributed by atoms with Crippen molar-refractivity contribution in [3.63, 3.8) is 0 Å². The molecule has 2 nitrogen and oxygen atoms in total. The van der Waals surface area contributed by atoms with Crippen LogP contribution in [-0.4, -0.2) is 13.1 Å². The Morgan fingerprint density at radius 2 is 1.77 bits per heavy atom. The summed E-state index contributed by atoms with van der Waals surface area (Å²) in [5, 5.41) is 0. The van der Waals surface area contributed by atoms with Crippen LogP contribution in [0.3, 0.4) is 0 Å². The van der Waals surface area contributed by atoms with Gasteiger partial charge in [0.2, 0.25) is 0 Å². The van der Waals surface area contributed by atoms with Gasteiger partial charge in [-0.15, -0.1) is 0 Å². The molecule has 74 valence electrons. The van der Waals surface area contributed by atoms with Crippen LogP contribution in [0.25, 0.3) is 0 Å². The quantitative estimate of drug-likeness (QED) is 0.485. The number of carbonyl (C=O) groups excluding carboxylic acids is 1. The summed E-state index contributed by atoms with van der Waals surface area (Å²) in [6.45, 7) is 3.92. The van der Waals surface area contributed by atoms with E-state index in [0.717, 1.165) is 5.57 Å². The Morgan fingerprint density at radius 3 is 2.23 bits per heavy atom. The van der Waals surface area contributed by atoms with Crippen molar-refractivity contribution in [2.24, 2.45) is 5.92 Å². The van der Waals surface area contributed by atoms with E-state index in [4.69, 9.17) is 4.74 Å². The molecule has 2 heteroatoms. The molecule has 0 atom stereocenters. The third kappa shape index (κ3) is 2.33. The highest BCUT2D eigenvalue weighted by Gasteiger charge is 2.20. The Bertz CT molecular complexity index is 222. The average Bonchev–Trinajstić information content (AvgIpc) is 2.67. The second-order valence-corrected chi connectivity index (χ2v) is 3.78. The molecular formula is C11H18O2. The summed E-state index contributed by atoms with van der Waals surface area (Å²) in [4.78, 5) is 11.2. The summed E-state index contributed by atoms with van der Waals surface area (Å²) >= 11 is 0. The van der Waals surface area contributed by atoms with Gasteiger partial charge in [0.25, 0.3) is 0 Å². The monoisotopic (exact) mass is 182 g/mol. The van der Waals surface area contributed by atoms with Gasteiger partial charge in [-0.3, -0.25) is 0 Å². The van der Waals surface area contributed by atoms with E-state index in [9.17, 15) is 4.79 Å². The SMILES string of the molecule is COC(=O)C(C)=C(C)C1CCCC1. The number of carbonyl (C=O) groups is 1. The second kappa shape index (κ2) is 4.45. The minimum atomic E-state index is -0.176. The number of hydrogen-bond acceptors (Lipinski definition) is 2. The van der Waals surface area contributed by atoms with E-state index >= 15 is 0 Å². The number of rotatable bonds is 2. The fourth-order valence-corrected chi connectivity index (χ4v) is 1.98. The van der Waals surface area contributed by atoms with E-state index in [1.807, 2.05) is 6.92 Å². The molecule has 0 amide bonds. The maximum Gasteiger partial charge on any atom is 0.333 e. The van der Waals surface area contributed by atoms with Gasteiger partial charge in [0.05, 0.1) is 7.11 Å². The molecule has 1 aliphatic rings. The third-order valence-electron chi connectivity index (χ3n) is 3.05. The summed E-state index contributed by atoms with van der Waals surface area (Å²) in [6.07, 6.45) is 5.08. The summed E-state index contributed by atoms with van der Waals surface area (Å²) < 4.78 is 4.70. The van der Waals surface area contributed by atoms with E-state index in [2.05, 4.69) is 6.92 Å². The van der Waals surface area contributed by atoms with Crippen molar-refractivity contribution in [3.8, 4) is 0 Å². The van der Waals surface area contributed by atoms with Gasteiger partial charge in [-0.05, 0) is 32.6 Å². The first-order valence-electron chi connectivity index (χ1n) is 4.92. The predicted octanol–water partition coefficient (Wildman–Crippen LogP) is 2.69. The van der Waals surface area contributed by atoms with E-state index in [1.165, 1.54) is 38.4 Å². The normalized spacial score (nSPS) is 19.9. The van der Waals surface area contributed by atoms with E-state index < -0.39 is 0 Å². The molecule has 13 heavy (non-hydrogen) atoms. The highest BCUT2D eigenvalue weighted by molar-refractivity contribution is 5.88. The number of allylic oxidation sites excluding steroid dienone is 1. The van der Waals surface area contributed by atoms with Gasteiger partial charge in [0.1, 0.15) is 0 Å². The molecule has 0 aromatic heterocycles. The highest BCUT2D eigenvalue weighted by Crippen LogP contribution is 2.32. The Labute approximate surface area is 80.0 Å². The van der Waals surface area contributed by atoms with Gasteiger partial charge < -0.3 is 4.74 Å². The topological polar surface area (TPSA) is 26.3 Å². The molecule has 0 heterocycles. The average molecular weight is 182 g/mol. The summed E-state index contributed by atoms with van der Waals surface area (Å²) in [5.41, 5.74) is 2.03. The summed E-state index contributed by atoms with van der Waals surface area (Å²) in [6, 6.07) is 0. The Kier molecular flexibility index (Phi) is 3.52. The van der Waals surface area contributed by atoms with Crippen molar-refractivity contribution in [2.75, 3.05) is 7.11 Å². The van der Waals surface area contributed by atoms with Crippen LogP contribution < -0.4 is 0 Å². The van der Waals surface area contributed by atoms with Crippen LogP contribution in [0.1, 0.15) is 39.5 Å². The van der Waals surface area contributed by atoms with Gasteiger partial charge >= 0.3 is 5.97 Å². The summed E-state index contributed by atoms with van der Waals surface area (Å²) in [7, 11) is 1.44. The van der Waals surface area contributed by atoms with Crippen LogP contribution >= 0.6 is 0 Å². The van der Waals surface area contributed by atoms with E-state index in [0.29, 0.717) is 5.92 Å². The molecule has 1 aliphatic carbocycles. The minimum Gasteiger partial charge on any atom is -0.466 e. The molecule has 0 aliphatic heterocycles. The molecule has 0 bridgehead atoms. The number of hydrogen-bond donors (Lipinski definition) is 0. The second-order valence-electron chi connectivity index (χ2n) is 3.78. The van der Waals surface area contributed by atoms with Crippen molar-refractivity contribution in [1.82, 2.24) is 0 Å². The molecule has 0 N–H and O–H groups in total. The van der Waals surface area contributed by atoms with Gasteiger partial charge in [0.15, 0.2) is 0 Å². The maximum absolute atomic E-state index is 11.2. The summed E-state index contributed by atoms with van der Waals surface area (Å²) in [5.74, 6) is 0.448. The van der Waals surface area contributed by atoms with Gasteiger partial charge in [-0.2, -0.15) is 0 Å².